The second-order valence-corrected chi connectivity index (χ2v) is 6.70. The summed E-state index contributed by atoms with van der Waals surface area (Å²) in [6, 6.07) is 0. The molecule has 3 rings (SSSR count). The highest BCUT2D eigenvalue weighted by atomic mass is 35.5. The minimum atomic E-state index is 0. The molecule has 1 aliphatic carbocycles. The number of hydrogen-bond donors (Lipinski definition) is 2. The van der Waals surface area contributed by atoms with Gasteiger partial charge in [0.05, 0.1) is 0 Å². The predicted octanol–water partition coefficient (Wildman–Crippen LogP) is 1.75. The summed E-state index contributed by atoms with van der Waals surface area (Å²) in [6.07, 6.45) is 5.11. The molecule has 0 bridgehead atoms. The van der Waals surface area contributed by atoms with Crippen molar-refractivity contribution < 1.29 is 4.79 Å². The summed E-state index contributed by atoms with van der Waals surface area (Å²) < 4.78 is 2.03. The van der Waals surface area contributed by atoms with Crippen LogP contribution in [0.25, 0.3) is 0 Å². The highest BCUT2D eigenvalue weighted by Crippen LogP contribution is 2.58. The molecule has 2 N–H and O–H groups in total. The summed E-state index contributed by atoms with van der Waals surface area (Å²) in [6.45, 7) is 7.72. The Bertz CT molecular complexity index is 514. The number of rotatable bonds is 5. The van der Waals surface area contributed by atoms with Gasteiger partial charge in [0.25, 0.3) is 0 Å². The van der Waals surface area contributed by atoms with Gasteiger partial charge >= 0.3 is 0 Å². The number of aromatic nitrogens is 3. The zero-order chi connectivity index (χ0) is 14.9. The molecule has 0 radical (unpaired) electrons. The van der Waals surface area contributed by atoms with Gasteiger partial charge in [-0.15, -0.1) is 35.0 Å². The third-order valence-electron chi connectivity index (χ3n) is 4.92. The largest absolute Gasteiger partial charge is 0.354 e. The van der Waals surface area contributed by atoms with Crippen LogP contribution in [-0.2, 0) is 11.3 Å². The van der Waals surface area contributed by atoms with Crippen molar-refractivity contribution in [1.82, 2.24) is 25.4 Å². The molecule has 1 saturated carbocycles. The Labute approximate surface area is 150 Å². The van der Waals surface area contributed by atoms with Gasteiger partial charge in [0.1, 0.15) is 12.2 Å². The van der Waals surface area contributed by atoms with Crippen LogP contribution < -0.4 is 10.6 Å². The summed E-state index contributed by atoms with van der Waals surface area (Å²) in [7, 11) is 0. The van der Waals surface area contributed by atoms with Crippen LogP contribution in [0.3, 0.4) is 0 Å². The number of piperidine rings is 1. The standard InChI is InChI=1S/C15H25N5O.2ClH/c1-11(2)13-19-18-10-20(13)8-7-17-14(21)12-9-15(12)3-5-16-6-4-15;;/h10-12,16H,3-9H2,1-2H3,(H,17,21);2*1H. The van der Waals surface area contributed by atoms with Crippen molar-refractivity contribution >= 4 is 30.7 Å². The molecule has 2 heterocycles. The van der Waals surface area contributed by atoms with Crippen LogP contribution in [0.5, 0.6) is 0 Å². The van der Waals surface area contributed by atoms with Gasteiger partial charge in [-0.1, -0.05) is 13.8 Å². The van der Waals surface area contributed by atoms with Crippen molar-refractivity contribution in [2.75, 3.05) is 19.6 Å². The number of hydrogen-bond acceptors (Lipinski definition) is 4. The number of carbonyl (C=O) groups is 1. The van der Waals surface area contributed by atoms with Crippen molar-refractivity contribution in [2.45, 2.75) is 45.6 Å². The number of nitrogens with one attached hydrogen (secondary N) is 2. The average molecular weight is 364 g/mol. The third kappa shape index (κ3) is 4.37. The first kappa shape index (κ1) is 20.2. The maximum absolute atomic E-state index is 12.3. The van der Waals surface area contributed by atoms with Gasteiger partial charge in [-0.3, -0.25) is 4.79 Å². The smallest absolute Gasteiger partial charge is 0.223 e. The van der Waals surface area contributed by atoms with Gasteiger partial charge in [0, 0.05) is 24.9 Å². The molecule has 1 aromatic rings. The summed E-state index contributed by atoms with van der Waals surface area (Å²) in [5.74, 6) is 1.80. The topological polar surface area (TPSA) is 71.8 Å². The molecule has 23 heavy (non-hydrogen) atoms. The lowest BCUT2D eigenvalue weighted by Crippen LogP contribution is -2.34. The van der Waals surface area contributed by atoms with E-state index < -0.39 is 0 Å². The summed E-state index contributed by atoms with van der Waals surface area (Å²) in [5, 5.41) is 14.5. The van der Waals surface area contributed by atoms with Crippen molar-refractivity contribution in [3.05, 3.63) is 12.2 Å². The Hall–Kier alpha value is -0.850. The second kappa shape index (κ2) is 8.31. The predicted molar refractivity (Wildman–Crippen MR) is 94.3 cm³/mol. The van der Waals surface area contributed by atoms with E-state index in [0.29, 0.717) is 17.9 Å². The monoisotopic (exact) mass is 363 g/mol. The van der Waals surface area contributed by atoms with Crippen LogP contribution in [0.2, 0.25) is 0 Å². The quantitative estimate of drug-likeness (QED) is 0.835. The molecule has 132 valence electrons. The Morgan fingerprint density at radius 2 is 2.13 bits per heavy atom. The minimum absolute atomic E-state index is 0. The van der Waals surface area contributed by atoms with Crippen LogP contribution >= 0.6 is 24.8 Å². The SMILES string of the molecule is CC(C)c1nncn1CCNC(=O)C1CC12CCNCC2.Cl.Cl. The maximum atomic E-state index is 12.3. The lowest BCUT2D eigenvalue weighted by molar-refractivity contribution is -0.123. The van der Waals surface area contributed by atoms with Gasteiger partial charge in [0.15, 0.2) is 0 Å². The van der Waals surface area contributed by atoms with Gasteiger partial charge < -0.3 is 15.2 Å². The van der Waals surface area contributed by atoms with Gasteiger partial charge in [-0.05, 0) is 37.8 Å². The number of carbonyl (C=O) groups excluding carboxylic acids is 1. The van der Waals surface area contributed by atoms with Gasteiger partial charge in [0.2, 0.25) is 5.91 Å². The molecule has 8 heteroatoms. The Kier molecular flexibility index (Phi) is 7.29. The van der Waals surface area contributed by atoms with Gasteiger partial charge in [-0.2, -0.15) is 0 Å². The Morgan fingerprint density at radius 1 is 1.43 bits per heavy atom. The summed E-state index contributed by atoms with van der Waals surface area (Å²) in [4.78, 5) is 12.3. The molecule has 1 saturated heterocycles. The number of amides is 1. The zero-order valence-electron chi connectivity index (χ0n) is 13.7. The molecule has 2 fully saturated rings. The zero-order valence-corrected chi connectivity index (χ0v) is 15.4. The molecule has 1 atom stereocenters. The van der Waals surface area contributed by atoms with Crippen LogP contribution in [0.1, 0.15) is 44.9 Å². The van der Waals surface area contributed by atoms with Crippen LogP contribution in [-0.4, -0.2) is 40.3 Å². The van der Waals surface area contributed by atoms with E-state index in [2.05, 4.69) is 34.7 Å². The number of halogens is 2. The second-order valence-electron chi connectivity index (χ2n) is 6.70. The highest BCUT2D eigenvalue weighted by Gasteiger charge is 2.57. The summed E-state index contributed by atoms with van der Waals surface area (Å²) in [5.41, 5.74) is 0.314. The normalized spacial score (nSPS) is 21.4. The van der Waals surface area contributed by atoms with Crippen molar-refractivity contribution in [2.24, 2.45) is 11.3 Å². The first-order chi connectivity index (χ1) is 10.1. The number of nitrogens with zero attached hydrogens (tertiary/aromatic N) is 3. The van der Waals surface area contributed by atoms with E-state index in [0.717, 1.165) is 44.7 Å². The highest BCUT2D eigenvalue weighted by molar-refractivity contribution is 5.85. The molecular formula is C15H27Cl2N5O. The lowest BCUT2D eigenvalue weighted by atomic mass is 9.92. The molecule has 2 aliphatic rings. The van der Waals surface area contributed by atoms with Crippen LogP contribution in [0.4, 0.5) is 0 Å². The molecule has 1 amide bonds. The fourth-order valence-corrected chi connectivity index (χ4v) is 3.50. The minimum Gasteiger partial charge on any atom is -0.354 e. The van der Waals surface area contributed by atoms with Crippen molar-refractivity contribution in [3.63, 3.8) is 0 Å². The van der Waals surface area contributed by atoms with Gasteiger partial charge in [-0.25, -0.2) is 0 Å². The van der Waals surface area contributed by atoms with E-state index in [4.69, 9.17) is 0 Å². The molecule has 1 spiro atoms. The summed E-state index contributed by atoms with van der Waals surface area (Å²) >= 11 is 0. The first-order valence-electron chi connectivity index (χ1n) is 7.98. The molecule has 0 aromatic carbocycles. The van der Waals surface area contributed by atoms with E-state index >= 15 is 0 Å². The fourth-order valence-electron chi connectivity index (χ4n) is 3.50. The Morgan fingerprint density at radius 3 is 2.78 bits per heavy atom. The maximum Gasteiger partial charge on any atom is 0.223 e. The molecule has 1 aromatic heterocycles. The molecule has 6 nitrogen and oxygen atoms in total. The Balaban J connectivity index is 0.00000132. The van der Waals surface area contributed by atoms with Crippen molar-refractivity contribution in [3.8, 4) is 0 Å². The van der Waals surface area contributed by atoms with Crippen LogP contribution in [0.15, 0.2) is 6.33 Å². The third-order valence-corrected chi connectivity index (χ3v) is 4.92. The fraction of sp³-hybridized carbons (Fsp3) is 0.800. The molecular weight excluding hydrogens is 337 g/mol. The van der Waals surface area contributed by atoms with E-state index in [1.54, 1.807) is 6.33 Å². The first-order valence-corrected chi connectivity index (χ1v) is 7.98. The van der Waals surface area contributed by atoms with Crippen molar-refractivity contribution in [1.29, 1.82) is 0 Å². The van der Waals surface area contributed by atoms with Crippen LogP contribution in [0, 0.1) is 11.3 Å². The average Bonchev–Trinajstić information content (AvgIpc) is 2.95. The lowest BCUT2D eigenvalue weighted by Gasteiger charge is -2.23. The van der Waals surface area contributed by atoms with E-state index in [1.807, 2.05) is 4.57 Å². The molecule has 1 unspecified atom stereocenters. The van der Waals surface area contributed by atoms with E-state index in [-0.39, 0.29) is 36.6 Å². The van der Waals surface area contributed by atoms with E-state index in [9.17, 15) is 4.79 Å². The van der Waals surface area contributed by atoms with E-state index in [1.165, 1.54) is 0 Å². The molecule has 1 aliphatic heterocycles.